The number of nitrogens with one attached hydrogen (secondary N) is 1. The van der Waals surface area contributed by atoms with Gasteiger partial charge in [-0.3, -0.25) is 0 Å². The van der Waals surface area contributed by atoms with Crippen molar-refractivity contribution < 1.29 is 9.53 Å². The maximum atomic E-state index is 11.6. The quantitative estimate of drug-likeness (QED) is 0.730. The van der Waals surface area contributed by atoms with Gasteiger partial charge in [0.15, 0.2) is 0 Å². The number of carbonyl (C=O) groups excluding carboxylic acids is 1. The van der Waals surface area contributed by atoms with Gasteiger partial charge in [-0.15, -0.1) is 0 Å². The molecular formula is C14H20N4O2. The van der Waals surface area contributed by atoms with Crippen LogP contribution in [-0.2, 0) is 4.74 Å². The van der Waals surface area contributed by atoms with Gasteiger partial charge in [0.25, 0.3) is 0 Å². The maximum Gasteiger partial charge on any atom is 0.407 e. The topological polar surface area (TPSA) is 114 Å². The van der Waals surface area contributed by atoms with Crippen molar-refractivity contribution in [3.05, 3.63) is 23.8 Å². The SMILES string of the molecule is CC(C)(C)OC(=O)NCC(C#N)c1cc(N)cc(N)c1. The van der Waals surface area contributed by atoms with Crippen LogP contribution in [0.15, 0.2) is 18.2 Å². The normalized spacial score (nSPS) is 12.3. The summed E-state index contributed by atoms with van der Waals surface area (Å²) in [6, 6.07) is 7.06. The Balaban J connectivity index is 2.69. The number of nitriles is 1. The van der Waals surface area contributed by atoms with Gasteiger partial charge in [-0.1, -0.05) is 0 Å². The number of alkyl carbamates (subject to hydrolysis) is 1. The first-order chi connectivity index (χ1) is 9.21. The van der Waals surface area contributed by atoms with Gasteiger partial charge in [0.2, 0.25) is 0 Å². The van der Waals surface area contributed by atoms with Gasteiger partial charge in [-0.25, -0.2) is 4.79 Å². The predicted molar refractivity (Wildman–Crippen MR) is 77.9 cm³/mol. The van der Waals surface area contributed by atoms with Crippen LogP contribution in [0.1, 0.15) is 32.3 Å². The van der Waals surface area contributed by atoms with Crippen LogP contribution < -0.4 is 16.8 Å². The van der Waals surface area contributed by atoms with Crippen molar-refractivity contribution in [2.45, 2.75) is 32.3 Å². The summed E-state index contributed by atoms with van der Waals surface area (Å²) in [6.45, 7) is 5.45. The van der Waals surface area contributed by atoms with E-state index in [2.05, 4.69) is 11.4 Å². The van der Waals surface area contributed by atoms with Crippen molar-refractivity contribution in [3.63, 3.8) is 0 Å². The number of hydrogen-bond donors (Lipinski definition) is 3. The third kappa shape index (κ3) is 5.06. The maximum absolute atomic E-state index is 11.6. The number of benzene rings is 1. The second kappa shape index (κ2) is 6.15. The van der Waals surface area contributed by atoms with E-state index in [0.717, 1.165) is 0 Å². The van der Waals surface area contributed by atoms with E-state index < -0.39 is 17.6 Å². The molecule has 6 nitrogen and oxygen atoms in total. The lowest BCUT2D eigenvalue weighted by molar-refractivity contribution is 0.0527. The highest BCUT2D eigenvalue weighted by Gasteiger charge is 2.18. The lowest BCUT2D eigenvalue weighted by Crippen LogP contribution is -2.34. The van der Waals surface area contributed by atoms with Crippen LogP contribution in [0.25, 0.3) is 0 Å². The average Bonchev–Trinajstić information content (AvgIpc) is 2.25. The molecule has 0 radical (unpaired) electrons. The van der Waals surface area contributed by atoms with Gasteiger partial charge in [0, 0.05) is 17.9 Å². The lowest BCUT2D eigenvalue weighted by Gasteiger charge is -2.20. The highest BCUT2D eigenvalue weighted by atomic mass is 16.6. The van der Waals surface area contributed by atoms with Crippen LogP contribution in [0.4, 0.5) is 16.2 Å². The van der Waals surface area contributed by atoms with Crippen LogP contribution in [0.3, 0.4) is 0 Å². The van der Waals surface area contributed by atoms with Crippen molar-refractivity contribution in [3.8, 4) is 6.07 Å². The molecule has 1 rings (SSSR count). The molecule has 6 heteroatoms. The number of nitrogens with zero attached hydrogens (tertiary/aromatic N) is 1. The van der Waals surface area contributed by atoms with Crippen molar-refractivity contribution in [2.75, 3.05) is 18.0 Å². The zero-order valence-electron chi connectivity index (χ0n) is 11.9. The summed E-state index contributed by atoms with van der Waals surface area (Å²) in [6.07, 6.45) is -0.561. The Morgan fingerprint density at radius 3 is 2.35 bits per heavy atom. The molecular weight excluding hydrogens is 256 g/mol. The molecule has 1 amide bonds. The third-order valence-electron chi connectivity index (χ3n) is 2.41. The van der Waals surface area contributed by atoms with Crippen molar-refractivity contribution >= 4 is 17.5 Å². The second-order valence-corrected chi connectivity index (χ2v) is 5.50. The van der Waals surface area contributed by atoms with Gasteiger partial charge in [-0.2, -0.15) is 5.26 Å². The third-order valence-corrected chi connectivity index (χ3v) is 2.41. The highest BCUT2D eigenvalue weighted by Crippen LogP contribution is 2.21. The zero-order chi connectivity index (χ0) is 15.3. The minimum Gasteiger partial charge on any atom is -0.444 e. The van der Waals surface area contributed by atoms with Crippen LogP contribution in [-0.4, -0.2) is 18.2 Å². The van der Waals surface area contributed by atoms with Gasteiger partial charge < -0.3 is 21.5 Å². The highest BCUT2D eigenvalue weighted by molar-refractivity contribution is 5.68. The fraction of sp³-hybridized carbons (Fsp3) is 0.429. The number of hydrogen-bond acceptors (Lipinski definition) is 5. The second-order valence-electron chi connectivity index (χ2n) is 5.50. The Hall–Kier alpha value is -2.42. The van der Waals surface area contributed by atoms with E-state index in [9.17, 15) is 10.1 Å². The minimum absolute atomic E-state index is 0.133. The van der Waals surface area contributed by atoms with E-state index in [1.165, 1.54) is 0 Å². The standard InChI is InChI=1S/C14H20N4O2/c1-14(2,3)20-13(19)18-8-10(7-15)9-4-11(16)6-12(17)5-9/h4-6,10H,8,16-17H2,1-3H3,(H,18,19). The van der Waals surface area contributed by atoms with Crippen LogP contribution in [0, 0.1) is 11.3 Å². The summed E-state index contributed by atoms with van der Waals surface area (Å²) < 4.78 is 5.11. The Labute approximate surface area is 118 Å². The van der Waals surface area contributed by atoms with Crippen molar-refractivity contribution in [2.24, 2.45) is 0 Å². The van der Waals surface area contributed by atoms with Crippen molar-refractivity contribution in [1.82, 2.24) is 5.32 Å². The van der Waals surface area contributed by atoms with Crippen LogP contribution in [0.5, 0.6) is 0 Å². The smallest absolute Gasteiger partial charge is 0.407 e. The number of ether oxygens (including phenoxy) is 1. The summed E-state index contributed by atoms with van der Waals surface area (Å²) in [5, 5.41) is 11.7. The molecule has 0 fully saturated rings. The number of anilines is 2. The van der Waals surface area contributed by atoms with Crippen LogP contribution in [0.2, 0.25) is 0 Å². The van der Waals surface area contributed by atoms with E-state index in [0.29, 0.717) is 16.9 Å². The Bertz CT molecular complexity index is 509. The van der Waals surface area contributed by atoms with Gasteiger partial charge in [-0.05, 0) is 44.5 Å². The van der Waals surface area contributed by atoms with E-state index in [-0.39, 0.29) is 6.54 Å². The Morgan fingerprint density at radius 1 is 1.35 bits per heavy atom. The Morgan fingerprint density at radius 2 is 1.90 bits per heavy atom. The number of nitrogens with two attached hydrogens (primary N) is 2. The summed E-state index contributed by atoms with van der Waals surface area (Å²) >= 11 is 0. The molecule has 1 aromatic carbocycles. The fourth-order valence-corrected chi connectivity index (χ4v) is 1.64. The van der Waals surface area contributed by atoms with Crippen LogP contribution >= 0.6 is 0 Å². The summed E-state index contributed by atoms with van der Waals surface area (Å²) in [7, 11) is 0. The zero-order valence-corrected chi connectivity index (χ0v) is 11.9. The lowest BCUT2D eigenvalue weighted by atomic mass is 9.99. The molecule has 108 valence electrons. The summed E-state index contributed by atoms with van der Waals surface area (Å²) in [5.74, 6) is -0.534. The molecule has 1 unspecified atom stereocenters. The van der Waals surface area contributed by atoms with E-state index in [1.807, 2.05) is 0 Å². The number of carbonyl (C=O) groups is 1. The molecule has 5 N–H and O–H groups in total. The summed E-state index contributed by atoms with van der Waals surface area (Å²) in [5.41, 5.74) is 12.4. The molecule has 0 bridgehead atoms. The number of rotatable bonds is 3. The first-order valence-electron chi connectivity index (χ1n) is 6.23. The average molecular weight is 276 g/mol. The number of amides is 1. The van der Waals surface area contributed by atoms with E-state index in [4.69, 9.17) is 16.2 Å². The molecule has 1 aromatic rings. The fourth-order valence-electron chi connectivity index (χ4n) is 1.64. The largest absolute Gasteiger partial charge is 0.444 e. The minimum atomic E-state index is -0.576. The van der Waals surface area contributed by atoms with Crippen molar-refractivity contribution in [1.29, 1.82) is 5.26 Å². The molecule has 0 aliphatic rings. The molecule has 0 heterocycles. The van der Waals surface area contributed by atoms with E-state index >= 15 is 0 Å². The molecule has 0 saturated heterocycles. The van der Waals surface area contributed by atoms with Gasteiger partial charge >= 0.3 is 6.09 Å². The first kappa shape index (κ1) is 15.6. The summed E-state index contributed by atoms with van der Waals surface area (Å²) in [4.78, 5) is 11.6. The molecule has 0 aliphatic carbocycles. The predicted octanol–water partition coefficient (Wildman–Crippen LogP) is 1.98. The van der Waals surface area contributed by atoms with Gasteiger partial charge in [0.05, 0.1) is 12.0 Å². The molecule has 0 saturated carbocycles. The monoisotopic (exact) mass is 276 g/mol. The molecule has 0 aliphatic heterocycles. The Kier molecular flexibility index (Phi) is 4.81. The number of nitrogen functional groups attached to an aromatic ring is 2. The van der Waals surface area contributed by atoms with Gasteiger partial charge in [0.1, 0.15) is 5.60 Å². The first-order valence-corrected chi connectivity index (χ1v) is 6.23. The molecule has 20 heavy (non-hydrogen) atoms. The van der Waals surface area contributed by atoms with E-state index in [1.54, 1.807) is 39.0 Å². The molecule has 0 aromatic heterocycles. The molecule has 0 spiro atoms. The molecule has 1 atom stereocenters.